The number of ketones is 1. The monoisotopic (exact) mass is 608 g/mol. The third-order valence-electron chi connectivity index (χ3n) is 10.5. The summed E-state index contributed by atoms with van der Waals surface area (Å²) in [5.41, 5.74) is 4.68. The topological polar surface area (TPSA) is 91.7 Å². The van der Waals surface area contributed by atoms with E-state index in [0.29, 0.717) is 17.2 Å². The van der Waals surface area contributed by atoms with Crippen LogP contribution in [0.2, 0.25) is 0 Å². The van der Waals surface area contributed by atoms with Crippen LogP contribution in [0.1, 0.15) is 87.4 Å². The number of nitrogens with one attached hydrogen (secondary N) is 2. The molecule has 0 amide bonds. The minimum Gasteiger partial charge on any atom is -0.495 e. The van der Waals surface area contributed by atoms with Gasteiger partial charge in [-0.05, 0) is 93.4 Å². The molecule has 226 valence electrons. The first-order valence-electron chi connectivity index (χ1n) is 15.6. The Morgan fingerprint density at radius 1 is 1.17 bits per heavy atom. The number of methoxy groups -OCH3 is 1. The standard InChI is InChI=1S/C32H44N6O2S2/c1-6-32(7-2)14-13-19(9-8-10-27(32)33-3)29(39)20-11-12-21-25(15-20)41-31-28(21)30(38(4)18-34-31)35-22-17-26-23(36-37-42-26)16-24(22)40-5/h16-20,27,30,33,35H,6-15H2,1-5H3/t19?,20-,27-,30?/m0/s1. The number of rotatable bonds is 8. The van der Waals surface area contributed by atoms with Gasteiger partial charge in [-0.15, -0.1) is 16.4 Å². The molecule has 0 saturated heterocycles. The molecule has 0 spiro atoms. The summed E-state index contributed by atoms with van der Waals surface area (Å²) in [6.07, 6.45) is 12.4. The number of thiophene rings is 1. The summed E-state index contributed by atoms with van der Waals surface area (Å²) < 4.78 is 10.8. The molecule has 2 unspecified atom stereocenters. The number of benzene rings is 1. The zero-order valence-electron chi connectivity index (χ0n) is 25.5. The molecule has 42 heavy (non-hydrogen) atoms. The Hall–Kier alpha value is -2.56. The normalized spacial score (nSPS) is 25.4. The number of ether oxygens (including phenoxy) is 1. The number of hydrogen-bond donors (Lipinski definition) is 2. The van der Waals surface area contributed by atoms with E-state index in [1.165, 1.54) is 46.8 Å². The van der Waals surface area contributed by atoms with E-state index in [0.717, 1.165) is 71.6 Å². The zero-order chi connectivity index (χ0) is 29.4. The predicted molar refractivity (Wildman–Crippen MR) is 174 cm³/mol. The summed E-state index contributed by atoms with van der Waals surface area (Å²) in [4.78, 5) is 22.3. The number of Topliss-reactive ketones (excluding diaryl/α,β-unsaturated/α-hetero) is 1. The molecule has 1 aliphatic heterocycles. The van der Waals surface area contributed by atoms with Gasteiger partial charge in [0.1, 0.15) is 28.2 Å². The van der Waals surface area contributed by atoms with Crippen LogP contribution in [-0.4, -0.2) is 53.9 Å². The third-order valence-corrected chi connectivity index (χ3v) is 12.4. The van der Waals surface area contributed by atoms with E-state index in [1.54, 1.807) is 18.4 Å². The lowest BCUT2D eigenvalue weighted by Gasteiger charge is -2.43. The molecule has 3 aromatic rings. The summed E-state index contributed by atoms with van der Waals surface area (Å²) in [5, 5.41) is 12.6. The van der Waals surface area contributed by atoms with Gasteiger partial charge in [-0.2, -0.15) is 0 Å². The van der Waals surface area contributed by atoms with Gasteiger partial charge in [0, 0.05) is 41.4 Å². The average molecular weight is 609 g/mol. The molecular formula is C32H44N6O2S2. The van der Waals surface area contributed by atoms with Crippen LogP contribution in [0.15, 0.2) is 17.1 Å². The number of anilines is 1. The van der Waals surface area contributed by atoms with Crippen LogP contribution in [0, 0.1) is 17.3 Å². The number of aromatic nitrogens is 2. The fourth-order valence-corrected chi connectivity index (χ4v) is 9.74. The maximum absolute atomic E-state index is 14.0. The molecule has 8 nitrogen and oxygen atoms in total. The maximum Gasteiger partial charge on any atom is 0.144 e. The predicted octanol–water partition coefficient (Wildman–Crippen LogP) is 7.13. The molecule has 1 fully saturated rings. The minimum atomic E-state index is -0.0704. The highest BCUT2D eigenvalue weighted by Gasteiger charge is 2.40. The highest BCUT2D eigenvalue weighted by atomic mass is 32.1. The number of aliphatic imine (C=N–C) groups is 1. The van der Waals surface area contributed by atoms with Crippen LogP contribution in [0.5, 0.6) is 5.75 Å². The van der Waals surface area contributed by atoms with Crippen molar-refractivity contribution in [3.63, 3.8) is 0 Å². The highest BCUT2D eigenvalue weighted by Crippen LogP contribution is 2.49. The maximum atomic E-state index is 14.0. The quantitative estimate of drug-likeness (QED) is 0.281. The van der Waals surface area contributed by atoms with Gasteiger partial charge < -0.3 is 20.3 Å². The van der Waals surface area contributed by atoms with E-state index >= 15 is 0 Å². The van der Waals surface area contributed by atoms with Crippen molar-refractivity contribution in [3.05, 3.63) is 28.1 Å². The first kappa shape index (κ1) is 29.5. The molecule has 6 rings (SSSR count). The van der Waals surface area contributed by atoms with Crippen molar-refractivity contribution in [1.82, 2.24) is 19.8 Å². The summed E-state index contributed by atoms with van der Waals surface area (Å²) in [6.45, 7) is 4.67. The Balaban J connectivity index is 1.21. The number of nitrogens with zero attached hydrogens (tertiary/aromatic N) is 4. The number of carbonyl (C=O) groups is 1. The molecule has 1 aromatic carbocycles. The average Bonchev–Trinajstić information content (AvgIpc) is 3.62. The minimum absolute atomic E-state index is 0.0704. The molecule has 2 N–H and O–H groups in total. The molecule has 1 saturated carbocycles. The molecule has 0 bridgehead atoms. The van der Waals surface area contributed by atoms with E-state index in [2.05, 4.69) is 59.1 Å². The second kappa shape index (κ2) is 12.2. The van der Waals surface area contributed by atoms with E-state index in [1.807, 2.05) is 12.4 Å². The molecule has 2 aliphatic carbocycles. The zero-order valence-corrected chi connectivity index (χ0v) is 27.2. The van der Waals surface area contributed by atoms with E-state index < -0.39 is 0 Å². The van der Waals surface area contributed by atoms with Gasteiger partial charge in [-0.25, -0.2) is 4.99 Å². The molecule has 10 heteroatoms. The van der Waals surface area contributed by atoms with Gasteiger partial charge in [0.15, 0.2) is 0 Å². The van der Waals surface area contributed by atoms with Crippen LogP contribution in [0.4, 0.5) is 10.7 Å². The van der Waals surface area contributed by atoms with Crippen molar-refractivity contribution in [2.45, 2.75) is 90.3 Å². The smallest absolute Gasteiger partial charge is 0.144 e. The third kappa shape index (κ3) is 5.24. The van der Waals surface area contributed by atoms with Crippen molar-refractivity contribution >= 4 is 55.9 Å². The van der Waals surface area contributed by atoms with Crippen molar-refractivity contribution < 1.29 is 9.53 Å². The van der Waals surface area contributed by atoms with Crippen molar-refractivity contribution in [2.75, 3.05) is 26.5 Å². The lowest BCUT2D eigenvalue weighted by Crippen LogP contribution is -2.45. The first-order chi connectivity index (χ1) is 20.4. The van der Waals surface area contributed by atoms with Gasteiger partial charge in [-0.1, -0.05) is 24.8 Å². The molecular weight excluding hydrogens is 565 g/mol. The van der Waals surface area contributed by atoms with Gasteiger partial charge in [0.05, 0.1) is 23.8 Å². The van der Waals surface area contributed by atoms with E-state index in [9.17, 15) is 4.79 Å². The number of hydrogen-bond acceptors (Lipinski definition) is 10. The lowest BCUT2D eigenvalue weighted by molar-refractivity contribution is -0.128. The first-order valence-corrected chi connectivity index (χ1v) is 17.2. The molecule has 0 radical (unpaired) electrons. The van der Waals surface area contributed by atoms with Crippen molar-refractivity contribution in [3.8, 4) is 5.75 Å². The molecule has 3 aliphatic rings. The van der Waals surface area contributed by atoms with E-state index in [-0.39, 0.29) is 18.0 Å². The Kier molecular flexibility index (Phi) is 8.58. The summed E-state index contributed by atoms with van der Waals surface area (Å²) >= 11 is 3.16. The Bertz CT molecular complexity index is 1460. The van der Waals surface area contributed by atoms with Gasteiger partial charge >= 0.3 is 0 Å². The fraction of sp³-hybridized carbons (Fsp3) is 0.625. The summed E-state index contributed by atoms with van der Waals surface area (Å²) in [7, 11) is 5.86. The number of fused-ring (bicyclic) bond motifs is 4. The summed E-state index contributed by atoms with van der Waals surface area (Å²) in [6, 6.07) is 4.57. The van der Waals surface area contributed by atoms with Crippen LogP contribution in [0.3, 0.4) is 0 Å². The highest BCUT2D eigenvalue weighted by molar-refractivity contribution is 7.16. The van der Waals surface area contributed by atoms with E-state index in [4.69, 9.17) is 9.73 Å². The SMILES string of the molecule is CCC1(CC)CCC(C(=O)[C@H]2CCc3c(sc4c3C(Nc3cc5snnc5cc3OC)N(C)C=N4)C2)CCC[C@@H]1NC. The largest absolute Gasteiger partial charge is 0.495 e. The Morgan fingerprint density at radius 3 is 2.76 bits per heavy atom. The molecule has 2 aromatic heterocycles. The van der Waals surface area contributed by atoms with Crippen LogP contribution in [0.25, 0.3) is 10.2 Å². The van der Waals surface area contributed by atoms with Crippen molar-refractivity contribution in [2.24, 2.45) is 22.2 Å². The second-order valence-electron chi connectivity index (χ2n) is 12.4. The number of carbonyl (C=O) groups excluding carboxylic acids is 1. The van der Waals surface area contributed by atoms with Crippen molar-refractivity contribution in [1.29, 1.82) is 0 Å². The Labute approximate surface area is 257 Å². The van der Waals surface area contributed by atoms with Crippen LogP contribution >= 0.6 is 22.9 Å². The van der Waals surface area contributed by atoms with Gasteiger partial charge in [0.25, 0.3) is 0 Å². The lowest BCUT2D eigenvalue weighted by atomic mass is 9.66. The Morgan fingerprint density at radius 2 is 2.00 bits per heavy atom. The van der Waals surface area contributed by atoms with Gasteiger partial charge in [0.2, 0.25) is 0 Å². The van der Waals surface area contributed by atoms with Gasteiger partial charge in [-0.3, -0.25) is 4.79 Å². The summed E-state index contributed by atoms with van der Waals surface area (Å²) in [5.74, 6) is 1.58. The van der Waals surface area contributed by atoms with Crippen LogP contribution in [-0.2, 0) is 17.6 Å². The molecule has 4 atom stereocenters. The molecule has 3 heterocycles. The van der Waals surface area contributed by atoms with Crippen LogP contribution < -0.4 is 15.4 Å². The fourth-order valence-electron chi connectivity index (χ4n) is 7.86. The second-order valence-corrected chi connectivity index (χ2v) is 14.3.